The van der Waals surface area contributed by atoms with E-state index in [2.05, 4.69) is 17.0 Å². The van der Waals surface area contributed by atoms with E-state index in [1.54, 1.807) is 18.2 Å². The summed E-state index contributed by atoms with van der Waals surface area (Å²) >= 11 is 0. The molecule has 0 N–H and O–H groups in total. The molecule has 34 heavy (non-hydrogen) atoms. The molecule has 2 aromatic carbocycles. The Morgan fingerprint density at radius 3 is 2.21 bits per heavy atom. The normalized spacial score (nSPS) is 21.1. The average Bonchev–Trinajstić information content (AvgIpc) is 3.52. The maximum Gasteiger partial charge on any atom is 0.246 e. The molecule has 3 heterocycles. The number of fused-ring (bicyclic) bond motifs is 1. The molecule has 0 bridgehead atoms. The van der Waals surface area contributed by atoms with E-state index in [0.29, 0.717) is 38.3 Å². The van der Waals surface area contributed by atoms with Crippen molar-refractivity contribution < 1.29 is 18.0 Å². The van der Waals surface area contributed by atoms with Crippen LogP contribution in [0, 0.1) is 0 Å². The van der Waals surface area contributed by atoms with Crippen LogP contribution in [0.4, 0.5) is 11.4 Å². The molecule has 8 nitrogen and oxygen atoms in total. The highest BCUT2D eigenvalue weighted by Crippen LogP contribution is 2.36. The van der Waals surface area contributed by atoms with Crippen molar-refractivity contribution in [3.63, 3.8) is 0 Å². The summed E-state index contributed by atoms with van der Waals surface area (Å²) in [6, 6.07) is 14.4. The van der Waals surface area contributed by atoms with E-state index in [1.165, 1.54) is 16.1 Å². The number of carbonyl (C=O) groups excluding carboxylic acids is 2. The van der Waals surface area contributed by atoms with Crippen LogP contribution in [0.3, 0.4) is 0 Å². The molecule has 2 aromatic rings. The van der Waals surface area contributed by atoms with Crippen LogP contribution in [-0.2, 0) is 26.0 Å². The average molecular weight is 483 g/mol. The number of rotatable bonds is 4. The van der Waals surface area contributed by atoms with Gasteiger partial charge in [-0.3, -0.25) is 14.5 Å². The van der Waals surface area contributed by atoms with Crippen molar-refractivity contribution in [3.8, 4) is 0 Å². The van der Waals surface area contributed by atoms with Crippen LogP contribution in [0.1, 0.15) is 25.3 Å². The van der Waals surface area contributed by atoms with Crippen molar-refractivity contribution in [2.24, 2.45) is 0 Å². The lowest BCUT2D eigenvalue weighted by Crippen LogP contribution is -2.55. The Bertz CT molecular complexity index is 1190. The fourth-order valence-corrected chi connectivity index (χ4v) is 6.86. The van der Waals surface area contributed by atoms with Gasteiger partial charge in [-0.2, -0.15) is 4.31 Å². The maximum absolute atomic E-state index is 13.5. The molecule has 5 rings (SSSR count). The van der Waals surface area contributed by atoms with Crippen LogP contribution in [0.5, 0.6) is 0 Å². The van der Waals surface area contributed by atoms with E-state index in [4.69, 9.17) is 0 Å². The molecule has 3 aliphatic rings. The highest BCUT2D eigenvalue weighted by atomic mass is 32.2. The summed E-state index contributed by atoms with van der Waals surface area (Å²) in [6.07, 6.45) is 2.07. The molecule has 1 unspecified atom stereocenters. The van der Waals surface area contributed by atoms with E-state index < -0.39 is 16.1 Å². The topological polar surface area (TPSA) is 81.2 Å². The van der Waals surface area contributed by atoms with Crippen molar-refractivity contribution >= 4 is 33.2 Å². The van der Waals surface area contributed by atoms with Gasteiger partial charge < -0.3 is 9.80 Å². The Labute approximate surface area is 200 Å². The maximum atomic E-state index is 13.5. The zero-order valence-electron chi connectivity index (χ0n) is 19.4. The van der Waals surface area contributed by atoms with Crippen molar-refractivity contribution in [3.05, 3.63) is 54.1 Å². The van der Waals surface area contributed by atoms with Crippen molar-refractivity contribution in [1.29, 1.82) is 0 Å². The second-order valence-electron chi connectivity index (χ2n) is 9.16. The number of sulfonamides is 1. The highest BCUT2D eigenvalue weighted by Gasteiger charge is 2.40. The second-order valence-corrected chi connectivity index (χ2v) is 11.1. The molecule has 2 fully saturated rings. The fraction of sp³-hybridized carbons (Fsp3) is 0.440. The van der Waals surface area contributed by atoms with Crippen LogP contribution in [0.2, 0.25) is 0 Å². The van der Waals surface area contributed by atoms with E-state index in [-0.39, 0.29) is 16.7 Å². The van der Waals surface area contributed by atoms with Gasteiger partial charge in [-0.05, 0) is 48.7 Å². The van der Waals surface area contributed by atoms with Gasteiger partial charge in [-0.15, -0.1) is 0 Å². The Morgan fingerprint density at radius 1 is 0.882 bits per heavy atom. The Balaban J connectivity index is 1.33. The largest absolute Gasteiger partial charge is 0.368 e. The van der Waals surface area contributed by atoms with Crippen LogP contribution >= 0.6 is 0 Å². The molecule has 3 aliphatic heterocycles. The van der Waals surface area contributed by atoms with Gasteiger partial charge in [0.15, 0.2) is 0 Å². The zero-order chi connectivity index (χ0) is 23.9. The molecule has 2 saturated heterocycles. The predicted molar refractivity (Wildman–Crippen MR) is 130 cm³/mol. The Hall–Kier alpha value is -2.91. The standard InChI is InChI=1S/C25H30N4O4S/c1-19(30)29-23-10-9-22(34(32,33)28-11-5-6-12-28)17-20(23)18-24(29)25(31)27-15-13-26(14-16-27)21-7-3-2-4-8-21/h2-4,7-10,17,24H,5-6,11-16,18H2,1H3. The van der Waals surface area contributed by atoms with E-state index in [1.807, 2.05) is 23.1 Å². The molecular weight excluding hydrogens is 452 g/mol. The first-order chi connectivity index (χ1) is 16.4. The number of anilines is 2. The minimum absolute atomic E-state index is 0.0805. The van der Waals surface area contributed by atoms with Crippen LogP contribution in [0.25, 0.3) is 0 Å². The summed E-state index contributed by atoms with van der Waals surface area (Å²) in [5, 5.41) is 0. The van der Waals surface area contributed by atoms with E-state index in [0.717, 1.165) is 37.2 Å². The third kappa shape index (κ3) is 4.07. The highest BCUT2D eigenvalue weighted by molar-refractivity contribution is 7.89. The number of benzene rings is 2. The molecule has 0 saturated carbocycles. The molecule has 2 amide bonds. The first-order valence-electron chi connectivity index (χ1n) is 11.9. The number of carbonyl (C=O) groups is 2. The molecule has 180 valence electrons. The van der Waals surface area contributed by atoms with Crippen molar-refractivity contribution in [2.45, 2.75) is 37.1 Å². The predicted octanol–water partition coefficient (Wildman–Crippen LogP) is 2.10. The number of hydrogen-bond acceptors (Lipinski definition) is 5. The number of nitrogens with zero attached hydrogens (tertiary/aromatic N) is 4. The SMILES string of the molecule is CC(=O)N1c2ccc(S(=O)(=O)N3CCCC3)cc2CC1C(=O)N1CCN(c2ccccc2)CC1. The molecule has 0 radical (unpaired) electrons. The lowest BCUT2D eigenvalue weighted by Gasteiger charge is -2.38. The summed E-state index contributed by atoms with van der Waals surface area (Å²) in [6.45, 7) is 5.16. The van der Waals surface area contributed by atoms with Gasteiger partial charge >= 0.3 is 0 Å². The molecule has 9 heteroatoms. The fourth-order valence-electron chi connectivity index (χ4n) is 5.29. The van der Waals surface area contributed by atoms with E-state index in [9.17, 15) is 18.0 Å². The first kappa shape index (κ1) is 22.9. The summed E-state index contributed by atoms with van der Waals surface area (Å²) in [5.41, 5.74) is 2.51. The lowest BCUT2D eigenvalue weighted by atomic mass is 10.1. The number of amides is 2. The third-order valence-electron chi connectivity index (χ3n) is 7.08. The van der Waals surface area contributed by atoms with Gasteiger partial charge in [0.2, 0.25) is 21.8 Å². The Morgan fingerprint density at radius 2 is 1.56 bits per heavy atom. The molecule has 0 aromatic heterocycles. The molecule has 0 spiro atoms. The number of hydrogen-bond donors (Lipinski definition) is 0. The van der Waals surface area contributed by atoms with Crippen LogP contribution < -0.4 is 9.80 Å². The monoisotopic (exact) mass is 482 g/mol. The first-order valence-corrected chi connectivity index (χ1v) is 13.3. The minimum Gasteiger partial charge on any atom is -0.368 e. The summed E-state index contributed by atoms with van der Waals surface area (Å²) in [7, 11) is -3.56. The van der Waals surface area contributed by atoms with Crippen LogP contribution in [-0.4, -0.2) is 74.7 Å². The molecule has 0 aliphatic carbocycles. The molecule has 1 atom stereocenters. The Kier molecular flexibility index (Phi) is 6.07. The van der Waals surface area contributed by atoms with Crippen LogP contribution in [0.15, 0.2) is 53.4 Å². The van der Waals surface area contributed by atoms with Gasteiger partial charge in [0, 0.05) is 64.0 Å². The van der Waals surface area contributed by atoms with E-state index >= 15 is 0 Å². The van der Waals surface area contributed by atoms with Gasteiger partial charge in [0.05, 0.1) is 4.90 Å². The minimum atomic E-state index is -3.56. The lowest BCUT2D eigenvalue weighted by molar-refractivity contribution is -0.134. The summed E-state index contributed by atoms with van der Waals surface area (Å²) in [5.74, 6) is -0.293. The second kappa shape index (κ2) is 9.03. The summed E-state index contributed by atoms with van der Waals surface area (Å²) in [4.78, 5) is 31.9. The quantitative estimate of drug-likeness (QED) is 0.667. The van der Waals surface area contributed by atoms with Gasteiger partial charge in [-0.25, -0.2) is 8.42 Å². The van der Waals surface area contributed by atoms with Gasteiger partial charge in [-0.1, -0.05) is 18.2 Å². The van der Waals surface area contributed by atoms with Crippen molar-refractivity contribution in [1.82, 2.24) is 9.21 Å². The van der Waals surface area contributed by atoms with Gasteiger partial charge in [0.25, 0.3) is 0 Å². The van der Waals surface area contributed by atoms with Gasteiger partial charge in [0.1, 0.15) is 6.04 Å². The third-order valence-corrected chi connectivity index (χ3v) is 8.97. The molecular formula is C25H30N4O4S. The smallest absolute Gasteiger partial charge is 0.246 e. The van der Waals surface area contributed by atoms with Crippen molar-refractivity contribution in [2.75, 3.05) is 49.1 Å². The zero-order valence-corrected chi connectivity index (χ0v) is 20.2. The number of para-hydroxylation sites is 1. The number of piperazine rings is 1. The summed E-state index contributed by atoms with van der Waals surface area (Å²) < 4.78 is 27.6.